The molecule has 2 unspecified atom stereocenters. The van der Waals surface area contributed by atoms with Crippen molar-refractivity contribution in [1.29, 1.82) is 0 Å². The number of benzene rings is 1. The zero-order valence-corrected chi connectivity index (χ0v) is 16.5. The minimum Gasteiger partial charge on any atom is -0.373 e. The number of para-hydroxylation sites is 1. The van der Waals surface area contributed by atoms with Gasteiger partial charge in [0.05, 0.1) is 18.0 Å². The van der Waals surface area contributed by atoms with E-state index in [4.69, 9.17) is 4.74 Å². The molecule has 26 heavy (non-hydrogen) atoms. The number of sulfonamides is 1. The smallest absolute Gasteiger partial charge is 0.216 e. The maximum Gasteiger partial charge on any atom is 0.216 e. The standard InChI is InChI=1S/C18H28N4O3S/c1-14-12-21(13-15(2)25-14)26(23,24)11-9-20-18(19-3)22-10-8-16-6-4-5-7-17(16)22/h4-7,14-15H,8-13H2,1-3H3,(H,19,20). The normalized spacial score (nSPS) is 24.6. The van der Waals surface area contributed by atoms with Crippen LogP contribution in [0.3, 0.4) is 0 Å². The molecule has 0 bridgehead atoms. The number of rotatable bonds is 4. The first kappa shape index (κ1) is 19.1. The average molecular weight is 381 g/mol. The zero-order valence-electron chi connectivity index (χ0n) is 15.7. The molecule has 1 aromatic carbocycles. The van der Waals surface area contributed by atoms with Crippen LogP contribution >= 0.6 is 0 Å². The highest BCUT2D eigenvalue weighted by molar-refractivity contribution is 7.89. The molecule has 0 spiro atoms. The van der Waals surface area contributed by atoms with Crippen LogP contribution in [0, 0.1) is 0 Å². The number of aliphatic imine (C=N–C) groups is 1. The number of hydrogen-bond acceptors (Lipinski definition) is 4. The molecule has 1 aromatic rings. The van der Waals surface area contributed by atoms with Gasteiger partial charge in [-0.2, -0.15) is 4.31 Å². The first-order valence-corrected chi connectivity index (χ1v) is 10.7. The molecule has 2 atom stereocenters. The van der Waals surface area contributed by atoms with Gasteiger partial charge in [0.25, 0.3) is 0 Å². The van der Waals surface area contributed by atoms with Crippen molar-refractivity contribution in [3.05, 3.63) is 29.8 Å². The fraction of sp³-hybridized carbons (Fsp3) is 0.611. The fourth-order valence-corrected chi connectivity index (χ4v) is 5.12. The van der Waals surface area contributed by atoms with Crippen LogP contribution in [0.1, 0.15) is 19.4 Å². The Balaban J connectivity index is 1.58. The molecule has 1 fully saturated rings. The average Bonchev–Trinajstić information content (AvgIpc) is 3.02. The van der Waals surface area contributed by atoms with Crippen LogP contribution in [-0.2, 0) is 21.2 Å². The van der Waals surface area contributed by atoms with E-state index in [-0.39, 0.29) is 18.0 Å². The van der Waals surface area contributed by atoms with Crippen LogP contribution in [0.5, 0.6) is 0 Å². The molecule has 144 valence electrons. The van der Waals surface area contributed by atoms with Gasteiger partial charge in [-0.05, 0) is 31.9 Å². The van der Waals surface area contributed by atoms with E-state index in [1.807, 2.05) is 26.0 Å². The van der Waals surface area contributed by atoms with Gasteiger partial charge in [0.15, 0.2) is 5.96 Å². The van der Waals surface area contributed by atoms with E-state index in [1.54, 1.807) is 11.4 Å². The molecule has 0 aromatic heterocycles. The number of guanidine groups is 1. The Kier molecular flexibility index (Phi) is 5.84. The third-order valence-corrected chi connectivity index (χ3v) is 6.58. The number of nitrogens with one attached hydrogen (secondary N) is 1. The summed E-state index contributed by atoms with van der Waals surface area (Å²) in [6, 6.07) is 8.24. The minimum atomic E-state index is -3.32. The molecule has 0 amide bonds. The van der Waals surface area contributed by atoms with Crippen LogP contribution < -0.4 is 10.2 Å². The lowest BCUT2D eigenvalue weighted by Crippen LogP contribution is -2.50. The van der Waals surface area contributed by atoms with E-state index in [0.717, 1.165) is 18.7 Å². The molecule has 2 aliphatic rings. The monoisotopic (exact) mass is 380 g/mol. The molecule has 1 saturated heterocycles. The van der Waals surface area contributed by atoms with Gasteiger partial charge < -0.3 is 15.0 Å². The Bertz CT molecular complexity index is 755. The van der Waals surface area contributed by atoms with Crippen molar-refractivity contribution in [3.63, 3.8) is 0 Å². The van der Waals surface area contributed by atoms with Gasteiger partial charge in [-0.3, -0.25) is 4.99 Å². The van der Waals surface area contributed by atoms with Gasteiger partial charge in [0.1, 0.15) is 0 Å². The van der Waals surface area contributed by atoms with E-state index in [2.05, 4.69) is 27.3 Å². The van der Waals surface area contributed by atoms with E-state index in [9.17, 15) is 8.42 Å². The summed E-state index contributed by atoms with van der Waals surface area (Å²) in [6.45, 7) is 5.83. The first-order valence-electron chi connectivity index (χ1n) is 9.10. The van der Waals surface area contributed by atoms with E-state index in [1.165, 1.54) is 5.56 Å². The molecule has 8 heteroatoms. The van der Waals surface area contributed by atoms with Crippen molar-refractivity contribution in [2.45, 2.75) is 32.5 Å². The van der Waals surface area contributed by atoms with Crippen molar-refractivity contribution >= 4 is 21.7 Å². The minimum absolute atomic E-state index is 0.0426. The number of morpholine rings is 1. The van der Waals surface area contributed by atoms with Crippen LogP contribution in [0.2, 0.25) is 0 Å². The lowest BCUT2D eigenvalue weighted by atomic mass is 10.2. The fourth-order valence-electron chi connectivity index (χ4n) is 3.63. The van der Waals surface area contributed by atoms with Crippen LogP contribution in [0.15, 0.2) is 29.3 Å². The van der Waals surface area contributed by atoms with Crippen LogP contribution in [-0.4, -0.2) is 69.9 Å². The third kappa shape index (κ3) is 4.19. The number of anilines is 1. The summed E-state index contributed by atoms with van der Waals surface area (Å²) in [6.07, 6.45) is 0.823. The van der Waals surface area contributed by atoms with Crippen molar-refractivity contribution in [3.8, 4) is 0 Å². The summed E-state index contributed by atoms with van der Waals surface area (Å²) < 4.78 is 32.5. The zero-order chi connectivity index (χ0) is 18.7. The largest absolute Gasteiger partial charge is 0.373 e. The Morgan fingerprint density at radius 2 is 1.96 bits per heavy atom. The quantitative estimate of drug-likeness (QED) is 0.625. The molecule has 7 nitrogen and oxygen atoms in total. The number of ether oxygens (including phenoxy) is 1. The van der Waals surface area contributed by atoms with Crippen LogP contribution in [0.25, 0.3) is 0 Å². The summed E-state index contributed by atoms with van der Waals surface area (Å²) in [4.78, 5) is 6.44. The highest BCUT2D eigenvalue weighted by atomic mass is 32.2. The highest BCUT2D eigenvalue weighted by Crippen LogP contribution is 2.27. The van der Waals surface area contributed by atoms with Crippen LogP contribution in [0.4, 0.5) is 5.69 Å². The summed E-state index contributed by atoms with van der Waals surface area (Å²) >= 11 is 0. The molecule has 3 rings (SSSR count). The molecule has 0 aliphatic carbocycles. The molecule has 0 radical (unpaired) electrons. The van der Waals surface area contributed by atoms with Gasteiger partial charge >= 0.3 is 0 Å². The van der Waals surface area contributed by atoms with Gasteiger partial charge in [-0.25, -0.2) is 8.42 Å². The van der Waals surface area contributed by atoms with E-state index < -0.39 is 10.0 Å². The Hall–Kier alpha value is -1.64. The summed E-state index contributed by atoms with van der Waals surface area (Å²) in [5.41, 5.74) is 2.43. The van der Waals surface area contributed by atoms with Gasteiger partial charge in [-0.15, -0.1) is 0 Å². The van der Waals surface area contributed by atoms with Crippen molar-refractivity contribution in [1.82, 2.24) is 9.62 Å². The summed E-state index contributed by atoms with van der Waals surface area (Å²) in [5.74, 6) is 0.759. The highest BCUT2D eigenvalue weighted by Gasteiger charge is 2.31. The SMILES string of the molecule is CN=C(NCCS(=O)(=O)N1CC(C)OC(C)C1)N1CCc2ccccc21. The van der Waals surface area contributed by atoms with Gasteiger partial charge in [-0.1, -0.05) is 18.2 Å². The first-order chi connectivity index (χ1) is 12.4. The van der Waals surface area contributed by atoms with E-state index in [0.29, 0.717) is 25.6 Å². The molecule has 1 N–H and O–H groups in total. The summed E-state index contributed by atoms with van der Waals surface area (Å²) in [7, 11) is -1.59. The molecule has 0 saturated carbocycles. The Morgan fingerprint density at radius 1 is 1.27 bits per heavy atom. The molecular weight excluding hydrogens is 352 g/mol. The predicted molar refractivity (Wildman–Crippen MR) is 104 cm³/mol. The van der Waals surface area contributed by atoms with Gasteiger partial charge in [0, 0.05) is 38.9 Å². The molecule has 2 aliphatic heterocycles. The third-order valence-electron chi connectivity index (χ3n) is 4.78. The molecular formula is C18H28N4O3S. The second-order valence-corrected chi connectivity index (χ2v) is 8.98. The lowest BCUT2D eigenvalue weighted by Gasteiger charge is -2.34. The Morgan fingerprint density at radius 3 is 2.65 bits per heavy atom. The number of fused-ring (bicyclic) bond motifs is 1. The molecule has 2 heterocycles. The number of hydrogen-bond donors (Lipinski definition) is 1. The topological polar surface area (TPSA) is 74.2 Å². The summed E-state index contributed by atoms with van der Waals surface area (Å²) in [5, 5.41) is 3.21. The maximum atomic E-state index is 12.6. The van der Waals surface area contributed by atoms with Crippen molar-refractivity contribution in [2.24, 2.45) is 4.99 Å². The Labute approximate surface area is 156 Å². The lowest BCUT2D eigenvalue weighted by molar-refractivity contribution is -0.0440. The van der Waals surface area contributed by atoms with E-state index >= 15 is 0 Å². The predicted octanol–water partition coefficient (Wildman–Crippen LogP) is 1.06. The second-order valence-electron chi connectivity index (χ2n) is 6.89. The second kappa shape index (κ2) is 7.94. The number of nitrogens with zero attached hydrogens (tertiary/aromatic N) is 3. The van der Waals surface area contributed by atoms with Gasteiger partial charge in [0.2, 0.25) is 10.0 Å². The maximum absolute atomic E-state index is 12.6. The van der Waals surface area contributed by atoms with Crippen molar-refractivity contribution < 1.29 is 13.2 Å². The van der Waals surface area contributed by atoms with Crippen molar-refractivity contribution in [2.75, 3.05) is 43.9 Å².